The van der Waals surface area contributed by atoms with Gasteiger partial charge in [0.1, 0.15) is 18.1 Å². The zero-order chi connectivity index (χ0) is 48.4. The minimum atomic E-state index is -2.32. The Hall–Kier alpha value is -3.18. The van der Waals surface area contributed by atoms with E-state index in [2.05, 4.69) is 0 Å². The van der Waals surface area contributed by atoms with Crippen LogP contribution in [0.3, 0.4) is 0 Å². The molecule has 370 valence electrons. The molecule has 18 nitrogen and oxygen atoms in total. The van der Waals surface area contributed by atoms with Crippen molar-refractivity contribution in [1.82, 2.24) is 0 Å². The molecular weight excluding hydrogens is 851 g/mol. The first-order valence-corrected chi connectivity index (χ1v) is 22.6. The molecule has 0 spiro atoms. The van der Waals surface area contributed by atoms with Gasteiger partial charge in [0.05, 0.1) is 79.6 Å². The number of allylic oxidation sites excluding steroid dienone is 10. The van der Waals surface area contributed by atoms with E-state index in [1.165, 1.54) is 13.0 Å². The van der Waals surface area contributed by atoms with Gasteiger partial charge in [0, 0.05) is 37.5 Å². The van der Waals surface area contributed by atoms with Gasteiger partial charge in [-0.3, -0.25) is 9.59 Å². The maximum atomic E-state index is 12.6. The summed E-state index contributed by atoms with van der Waals surface area (Å²) in [6, 6.07) is -1.14. The number of fused-ring (bicyclic) bond motifs is 2. The normalized spacial score (nSPS) is 42.3. The highest BCUT2D eigenvalue weighted by Gasteiger charge is 2.51. The molecule has 3 aliphatic rings. The van der Waals surface area contributed by atoms with E-state index in [-0.39, 0.29) is 31.6 Å². The van der Waals surface area contributed by atoms with Gasteiger partial charge in [-0.05, 0) is 46.0 Å². The highest BCUT2D eigenvalue weighted by Crippen LogP contribution is 2.38. The minimum Gasteiger partial charge on any atom is -0.481 e. The molecule has 3 unspecified atom stereocenters. The number of carbonyl (C=O) groups is 2. The molecule has 0 aliphatic carbocycles. The van der Waals surface area contributed by atoms with Gasteiger partial charge in [0.2, 0.25) is 0 Å². The fourth-order valence-electron chi connectivity index (χ4n) is 8.13. The Bertz CT molecular complexity index is 1620. The lowest BCUT2D eigenvalue weighted by Gasteiger charge is -2.45. The molecule has 3 aliphatic heterocycles. The molecule has 0 saturated carbocycles. The SMILES string of the molecule is C[C@@H]1[C@H](O)[C@@H](C)C=CC=CCCC=CC=CC=CC=C[C@H](OC2O[C@H](C)[C@@H](O)[C@H](N)[C@@H]2O)CC2O[C@](O)(C[C@@H](O)C[C@@H](O)[C@H](O)CC[C@@H](O)C[C@@H](O)CC(=O)O[C@H]1C)C[C@H](O)C2C(=O)O. The molecule has 2 saturated heterocycles. The van der Waals surface area contributed by atoms with E-state index in [0.717, 1.165) is 12.8 Å². The Labute approximate surface area is 381 Å². The average Bonchev–Trinajstić information content (AvgIpc) is 3.21. The lowest BCUT2D eigenvalue weighted by Crippen LogP contribution is -2.61. The third-order valence-corrected chi connectivity index (χ3v) is 12.2. The van der Waals surface area contributed by atoms with E-state index in [4.69, 9.17) is 24.7 Å². The molecule has 13 N–H and O–H groups in total. The monoisotopic (exact) mass is 926 g/mol. The standard InChI is InChI=1S/C47H75NO17/c1-27-17-15-13-11-9-7-5-6-8-10-12-14-16-18-34(64-46-44(58)41(48)43(57)30(4)63-46)24-38-40(45(59)60)37(54)26-47(61,65-38)25-33(51)22-36(53)35(52)20-19-31(49)21-32(50)23-39(55)62-29(3)28(2)42(27)56/h5-6,8,10-18,27-38,40-44,46,49-54,56-58,61H,7,9,19-26,48H2,1-4H3,(H,59,60)/t27-,28-,29-,30+,31+,32+,33-,34-,35+,36+,37-,38?,40?,41-,42+,43+,44-,46?,47+/m0/s1. The minimum absolute atomic E-state index is 0.103. The fourth-order valence-corrected chi connectivity index (χ4v) is 8.13. The Morgan fingerprint density at radius 1 is 0.692 bits per heavy atom. The van der Waals surface area contributed by atoms with Crippen LogP contribution in [0.1, 0.15) is 91.9 Å². The number of aliphatic hydroxyl groups excluding tert-OH is 9. The second-order valence-corrected chi connectivity index (χ2v) is 17.8. The van der Waals surface area contributed by atoms with Crippen LogP contribution in [0.25, 0.3) is 0 Å². The third kappa shape index (κ3) is 18.8. The quantitative estimate of drug-likeness (QED) is 0.175. The van der Waals surface area contributed by atoms with Crippen molar-refractivity contribution in [2.75, 3.05) is 0 Å². The van der Waals surface area contributed by atoms with Crippen molar-refractivity contribution in [2.24, 2.45) is 23.5 Å². The number of hydrogen-bond acceptors (Lipinski definition) is 17. The molecule has 3 heterocycles. The van der Waals surface area contributed by atoms with E-state index >= 15 is 0 Å². The third-order valence-electron chi connectivity index (χ3n) is 12.2. The summed E-state index contributed by atoms with van der Waals surface area (Å²) in [6.45, 7) is 6.78. The highest BCUT2D eigenvalue weighted by atomic mass is 16.7. The lowest BCUT2D eigenvalue weighted by atomic mass is 9.82. The number of cyclic esters (lactones) is 1. The predicted octanol–water partition coefficient (Wildman–Crippen LogP) is 0.936. The summed E-state index contributed by atoms with van der Waals surface area (Å²) >= 11 is 0. The zero-order valence-corrected chi connectivity index (χ0v) is 37.8. The maximum absolute atomic E-state index is 12.6. The van der Waals surface area contributed by atoms with Crippen LogP contribution in [-0.2, 0) is 28.5 Å². The molecule has 0 aromatic heterocycles. The van der Waals surface area contributed by atoms with Crippen LogP contribution >= 0.6 is 0 Å². The largest absolute Gasteiger partial charge is 0.481 e. The van der Waals surface area contributed by atoms with Crippen LogP contribution in [0.2, 0.25) is 0 Å². The number of nitrogens with two attached hydrogens (primary N) is 1. The predicted molar refractivity (Wildman–Crippen MR) is 237 cm³/mol. The number of aliphatic hydroxyl groups is 10. The van der Waals surface area contributed by atoms with E-state index < -0.39 is 147 Å². The van der Waals surface area contributed by atoms with Crippen molar-refractivity contribution in [2.45, 2.75) is 189 Å². The van der Waals surface area contributed by atoms with Gasteiger partial charge < -0.3 is 80.9 Å². The first-order valence-electron chi connectivity index (χ1n) is 22.6. The Balaban J connectivity index is 1.84. The van der Waals surface area contributed by atoms with E-state index in [1.54, 1.807) is 38.2 Å². The summed E-state index contributed by atoms with van der Waals surface area (Å²) in [6.07, 6.45) is 2.26. The van der Waals surface area contributed by atoms with Gasteiger partial charge in [-0.15, -0.1) is 0 Å². The van der Waals surface area contributed by atoms with Gasteiger partial charge in [-0.2, -0.15) is 0 Å². The molecule has 65 heavy (non-hydrogen) atoms. The van der Waals surface area contributed by atoms with E-state index in [0.29, 0.717) is 0 Å². The van der Waals surface area contributed by atoms with Crippen LogP contribution in [-0.4, -0.2) is 166 Å². The van der Waals surface area contributed by atoms with Crippen molar-refractivity contribution in [1.29, 1.82) is 0 Å². The number of carboxylic acids is 1. The summed E-state index contributed by atoms with van der Waals surface area (Å²) in [5, 5.41) is 118. The van der Waals surface area contributed by atoms with Gasteiger partial charge in [0.25, 0.3) is 0 Å². The number of hydrogen-bond donors (Lipinski definition) is 12. The molecule has 2 fully saturated rings. The number of carbonyl (C=O) groups excluding carboxylic acids is 1. The van der Waals surface area contributed by atoms with E-state index in [9.17, 15) is 65.8 Å². The maximum Gasteiger partial charge on any atom is 0.311 e. The van der Waals surface area contributed by atoms with Crippen LogP contribution in [0.4, 0.5) is 0 Å². The Morgan fingerprint density at radius 3 is 1.97 bits per heavy atom. The summed E-state index contributed by atoms with van der Waals surface area (Å²) in [7, 11) is 0. The molecule has 3 rings (SSSR count). The second kappa shape index (κ2) is 27.6. The van der Waals surface area contributed by atoms with Crippen LogP contribution in [0.15, 0.2) is 72.9 Å². The highest BCUT2D eigenvalue weighted by molar-refractivity contribution is 5.71. The molecule has 18 heteroatoms. The van der Waals surface area contributed by atoms with Gasteiger partial charge in [-0.25, -0.2) is 0 Å². The number of esters is 1. The topological polar surface area (TPSA) is 320 Å². The van der Waals surface area contributed by atoms with Crippen molar-refractivity contribution in [3.63, 3.8) is 0 Å². The number of carboxylic acid groups (broad SMARTS) is 1. The molecule has 2 bridgehead atoms. The van der Waals surface area contributed by atoms with E-state index in [1.807, 2.05) is 49.5 Å². The second-order valence-electron chi connectivity index (χ2n) is 17.8. The van der Waals surface area contributed by atoms with Crippen molar-refractivity contribution >= 4 is 11.9 Å². The van der Waals surface area contributed by atoms with Crippen LogP contribution < -0.4 is 5.73 Å². The molecule has 19 atom stereocenters. The van der Waals surface area contributed by atoms with Crippen molar-refractivity contribution in [3.8, 4) is 0 Å². The van der Waals surface area contributed by atoms with Crippen LogP contribution in [0, 0.1) is 17.8 Å². The van der Waals surface area contributed by atoms with Gasteiger partial charge in [-0.1, -0.05) is 86.8 Å². The molecular formula is C47H75NO17. The molecule has 0 amide bonds. The Morgan fingerprint density at radius 2 is 1.31 bits per heavy atom. The van der Waals surface area contributed by atoms with Crippen molar-refractivity contribution in [3.05, 3.63) is 72.9 Å². The van der Waals surface area contributed by atoms with Crippen molar-refractivity contribution < 1.29 is 84.7 Å². The number of rotatable bonds is 3. The van der Waals surface area contributed by atoms with Crippen LogP contribution in [0.5, 0.6) is 0 Å². The summed E-state index contributed by atoms with van der Waals surface area (Å²) < 4.78 is 23.2. The molecule has 0 radical (unpaired) electrons. The van der Waals surface area contributed by atoms with Gasteiger partial charge >= 0.3 is 11.9 Å². The summed E-state index contributed by atoms with van der Waals surface area (Å²) in [5.74, 6) is -6.77. The fraction of sp³-hybridized carbons (Fsp3) is 0.702. The zero-order valence-electron chi connectivity index (χ0n) is 37.8. The lowest BCUT2D eigenvalue weighted by molar-refractivity contribution is -0.308. The number of ether oxygens (including phenoxy) is 4. The molecule has 0 aromatic carbocycles. The summed E-state index contributed by atoms with van der Waals surface area (Å²) in [5.41, 5.74) is 6.02. The Kier molecular flexibility index (Phi) is 23.8. The number of aliphatic carboxylic acids is 1. The molecule has 0 aromatic rings. The summed E-state index contributed by atoms with van der Waals surface area (Å²) in [4.78, 5) is 25.1. The average molecular weight is 926 g/mol. The van der Waals surface area contributed by atoms with Gasteiger partial charge in [0.15, 0.2) is 12.1 Å². The first kappa shape index (κ1) is 56.1. The smallest absolute Gasteiger partial charge is 0.311 e. The first-order chi connectivity index (χ1) is 30.6.